The Morgan fingerprint density at radius 3 is 2.03 bits per heavy atom. The van der Waals surface area contributed by atoms with Gasteiger partial charge >= 0.3 is 0 Å². The first-order chi connectivity index (χ1) is 15.5. The summed E-state index contributed by atoms with van der Waals surface area (Å²) in [7, 11) is 0. The maximum absolute atomic E-state index is 8.68. The molecule has 0 unspecified atom stereocenters. The van der Waals surface area contributed by atoms with E-state index in [0.717, 1.165) is 47.0 Å². The van der Waals surface area contributed by atoms with Crippen LogP contribution in [0.25, 0.3) is 11.3 Å². The van der Waals surface area contributed by atoms with E-state index < -0.39 is 0 Å². The summed E-state index contributed by atoms with van der Waals surface area (Å²) in [5, 5.41) is 12.8. The van der Waals surface area contributed by atoms with Gasteiger partial charge in [-0.25, -0.2) is 4.98 Å². The highest BCUT2D eigenvalue weighted by molar-refractivity contribution is 7.12. The number of unbranched alkanes of at least 4 members (excludes halogenated alkanes) is 2. The summed E-state index contributed by atoms with van der Waals surface area (Å²) in [4.78, 5) is 6.05. The normalized spacial score (nSPS) is 11.3. The molecule has 0 saturated heterocycles. The Bertz CT molecular complexity index is 1020. The lowest BCUT2D eigenvalue weighted by molar-refractivity contribution is 0.279. The topological polar surface area (TPSA) is 90.0 Å². The molecule has 0 amide bonds. The molecule has 8 heteroatoms. The average molecular weight is 490 g/mol. The Balaban J connectivity index is 0.00000385. The highest BCUT2D eigenvalue weighted by atomic mass is 35.5. The predicted octanol–water partition coefficient (Wildman–Crippen LogP) is 6.39. The second-order valence-corrected chi connectivity index (χ2v) is 9.13. The molecule has 0 radical (unpaired) electrons. The molecule has 0 aliphatic rings. The monoisotopic (exact) mass is 489 g/mol. The van der Waals surface area contributed by atoms with Crippen molar-refractivity contribution in [3.8, 4) is 22.8 Å². The third-order valence-corrected chi connectivity index (χ3v) is 6.27. The van der Waals surface area contributed by atoms with Crippen LogP contribution in [0.2, 0.25) is 0 Å². The lowest BCUT2D eigenvalue weighted by Gasteiger charge is -2.09. The SMILES string of the molecule is Cc1nc(-c2ccc(OCCCCCOc3ccc(/C(N)=N/O)cc3)cc2)c(C(C)C)s1.Cl. The van der Waals surface area contributed by atoms with Crippen LogP contribution < -0.4 is 15.2 Å². The molecule has 3 N–H and O–H groups in total. The zero-order chi connectivity index (χ0) is 22.9. The summed E-state index contributed by atoms with van der Waals surface area (Å²) >= 11 is 1.77. The molecule has 0 aliphatic heterocycles. The van der Waals surface area contributed by atoms with Crippen LogP contribution in [0, 0.1) is 6.92 Å². The number of nitrogens with zero attached hydrogens (tertiary/aromatic N) is 2. The highest BCUT2D eigenvalue weighted by Crippen LogP contribution is 2.34. The van der Waals surface area contributed by atoms with Gasteiger partial charge in [0.15, 0.2) is 5.84 Å². The van der Waals surface area contributed by atoms with Crippen molar-refractivity contribution in [1.29, 1.82) is 0 Å². The number of benzene rings is 2. The molecule has 0 aliphatic carbocycles. The molecule has 0 saturated carbocycles. The standard InChI is InChI=1S/C25H31N3O3S.ClH/c1-17(2)24-23(27-18(3)32-24)19-7-11-21(12-8-19)30-15-5-4-6-16-31-22-13-9-20(10-14-22)25(26)28-29;/h7-14,17,29H,4-6,15-16H2,1-3H3,(H2,26,28);1H. The van der Waals surface area contributed by atoms with Gasteiger partial charge in [0.25, 0.3) is 0 Å². The number of ether oxygens (including phenoxy) is 2. The molecule has 2 aromatic carbocycles. The van der Waals surface area contributed by atoms with Crippen LogP contribution in [0.3, 0.4) is 0 Å². The van der Waals surface area contributed by atoms with E-state index in [2.05, 4.69) is 38.1 Å². The van der Waals surface area contributed by atoms with Gasteiger partial charge in [0.2, 0.25) is 0 Å². The molecule has 3 aromatic rings. The van der Waals surface area contributed by atoms with E-state index in [1.807, 2.05) is 24.3 Å². The maximum atomic E-state index is 8.68. The first-order valence-electron chi connectivity index (χ1n) is 10.9. The molecular weight excluding hydrogens is 458 g/mol. The lowest BCUT2D eigenvalue weighted by Crippen LogP contribution is -2.12. The molecule has 0 bridgehead atoms. The Hall–Kier alpha value is -2.77. The number of rotatable bonds is 11. The van der Waals surface area contributed by atoms with E-state index in [0.29, 0.717) is 24.7 Å². The number of hydrogen-bond donors (Lipinski definition) is 2. The van der Waals surface area contributed by atoms with Gasteiger partial charge in [0, 0.05) is 16.0 Å². The van der Waals surface area contributed by atoms with E-state index in [1.54, 1.807) is 23.5 Å². The molecule has 1 heterocycles. The smallest absolute Gasteiger partial charge is 0.170 e. The van der Waals surface area contributed by atoms with Crippen molar-refractivity contribution in [2.45, 2.75) is 46.0 Å². The molecule has 3 rings (SSSR count). The van der Waals surface area contributed by atoms with Gasteiger partial charge in [-0.2, -0.15) is 0 Å². The fourth-order valence-electron chi connectivity index (χ4n) is 3.29. The van der Waals surface area contributed by atoms with Crippen molar-refractivity contribution in [3.05, 3.63) is 64.0 Å². The van der Waals surface area contributed by atoms with Gasteiger partial charge in [0.1, 0.15) is 11.5 Å². The molecule has 0 spiro atoms. The summed E-state index contributed by atoms with van der Waals surface area (Å²) in [6.07, 6.45) is 2.94. The number of amidine groups is 1. The number of aryl methyl sites for hydroxylation is 1. The molecule has 6 nitrogen and oxygen atoms in total. The maximum Gasteiger partial charge on any atom is 0.170 e. The number of aromatic nitrogens is 1. The minimum atomic E-state index is 0. The van der Waals surface area contributed by atoms with Gasteiger partial charge in [0.05, 0.1) is 23.9 Å². The third kappa shape index (κ3) is 7.65. The molecular formula is C25H32ClN3O3S. The molecule has 33 heavy (non-hydrogen) atoms. The lowest BCUT2D eigenvalue weighted by atomic mass is 10.1. The largest absolute Gasteiger partial charge is 0.494 e. The Morgan fingerprint density at radius 1 is 0.970 bits per heavy atom. The summed E-state index contributed by atoms with van der Waals surface area (Å²) in [6, 6.07) is 15.4. The van der Waals surface area contributed by atoms with Crippen LogP contribution >= 0.6 is 23.7 Å². The Labute approximate surface area is 205 Å². The van der Waals surface area contributed by atoms with Crippen molar-refractivity contribution < 1.29 is 14.7 Å². The second-order valence-electron chi connectivity index (χ2n) is 7.89. The van der Waals surface area contributed by atoms with Crippen LogP contribution in [0.1, 0.15) is 54.5 Å². The summed E-state index contributed by atoms with van der Waals surface area (Å²) in [5.74, 6) is 2.21. The van der Waals surface area contributed by atoms with Crippen LogP contribution in [-0.2, 0) is 0 Å². The first-order valence-corrected chi connectivity index (χ1v) is 11.7. The number of halogens is 1. The summed E-state index contributed by atoms with van der Waals surface area (Å²) in [5.41, 5.74) is 8.44. The first kappa shape index (κ1) is 26.5. The van der Waals surface area contributed by atoms with Crippen molar-refractivity contribution in [2.75, 3.05) is 13.2 Å². The summed E-state index contributed by atoms with van der Waals surface area (Å²) in [6.45, 7) is 7.80. The highest BCUT2D eigenvalue weighted by Gasteiger charge is 2.14. The van der Waals surface area contributed by atoms with E-state index in [1.165, 1.54) is 4.88 Å². The van der Waals surface area contributed by atoms with Crippen LogP contribution in [0.5, 0.6) is 11.5 Å². The zero-order valence-electron chi connectivity index (χ0n) is 19.3. The predicted molar refractivity (Wildman–Crippen MR) is 137 cm³/mol. The molecule has 178 valence electrons. The van der Waals surface area contributed by atoms with Gasteiger partial charge in [-0.05, 0) is 80.6 Å². The second kappa shape index (κ2) is 13.1. The van der Waals surface area contributed by atoms with E-state index in [4.69, 9.17) is 25.4 Å². The van der Waals surface area contributed by atoms with E-state index >= 15 is 0 Å². The molecule has 0 fully saturated rings. The van der Waals surface area contributed by atoms with Gasteiger partial charge in [-0.1, -0.05) is 19.0 Å². The van der Waals surface area contributed by atoms with Crippen molar-refractivity contribution >= 4 is 29.6 Å². The minimum Gasteiger partial charge on any atom is -0.494 e. The van der Waals surface area contributed by atoms with Crippen LogP contribution in [-0.4, -0.2) is 29.2 Å². The number of oxime groups is 1. The molecule has 1 aromatic heterocycles. The van der Waals surface area contributed by atoms with Gasteiger partial charge in [-0.3, -0.25) is 0 Å². The Morgan fingerprint density at radius 2 is 1.52 bits per heavy atom. The average Bonchev–Trinajstić information content (AvgIpc) is 3.21. The summed E-state index contributed by atoms with van der Waals surface area (Å²) < 4.78 is 11.6. The minimum absolute atomic E-state index is 0. The Kier molecular flexibility index (Phi) is 10.5. The van der Waals surface area contributed by atoms with Gasteiger partial charge in [-0.15, -0.1) is 23.7 Å². The van der Waals surface area contributed by atoms with Crippen LogP contribution in [0.4, 0.5) is 0 Å². The van der Waals surface area contributed by atoms with Crippen molar-refractivity contribution in [2.24, 2.45) is 10.9 Å². The van der Waals surface area contributed by atoms with E-state index in [-0.39, 0.29) is 18.2 Å². The fraction of sp³-hybridized carbons (Fsp3) is 0.360. The number of nitrogens with two attached hydrogens (primary N) is 1. The third-order valence-electron chi connectivity index (χ3n) is 5.00. The fourth-order valence-corrected chi connectivity index (χ4v) is 4.24. The molecule has 0 atom stereocenters. The zero-order valence-corrected chi connectivity index (χ0v) is 20.9. The quantitative estimate of drug-likeness (QED) is 0.107. The van der Waals surface area contributed by atoms with Crippen molar-refractivity contribution in [1.82, 2.24) is 4.98 Å². The van der Waals surface area contributed by atoms with Crippen molar-refractivity contribution in [3.63, 3.8) is 0 Å². The number of hydrogen-bond acceptors (Lipinski definition) is 6. The number of thiazole rings is 1. The van der Waals surface area contributed by atoms with Gasteiger partial charge < -0.3 is 20.4 Å². The van der Waals surface area contributed by atoms with Crippen LogP contribution in [0.15, 0.2) is 53.7 Å². The van der Waals surface area contributed by atoms with E-state index in [9.17, 15) is 0 Å².